The minimum atomic E-state index is -4.56. The van der Waals surface area contributed by atoms with Gasteiger partial charge in [-0.15, -0.1) is 5.10 Å². The third-order valence-corrected chi connectivity index (χ3v) is 5.97. The molecule has 184 valence electrons. The van der Waals surface area contributed by atoms with Gasteiger partial charge >= 0.3 is 11.9 Å². The monoisotopic (exact) mass is 520 g/mol. The van der Waals surface area contributed by atoms with Gasteiger partial charge in [0.2, 0.25) is 0 Å². The summed E-state index contributed by atoms with van der Waals surface area (Å²) in [6.45, 7) is -0.0968. The summed E-state index contributed by atoms with van der Waals surface area (Å²) in [6.07, 6.45) is -1.71. The summed E-state index contributed by atoms with van der Waals surface area (Å²) in [5, 5.41) is 18.4. The molecule has 0 aliphatic heterocycles. The second-order valence-corrected chi connectivity index (χ2v) is 8.64. The van der Waals surface area contributed by atoms with Crippen molar-refractivity contribution < 1.29 is 13.2 Å². The highest BCUT2D eigenvalue weighted by atomic mass is 35.5. The highest BCUT2D eigenvalue weighted by molar-refractivity contribution is 6.30. The Labute approximate surface area is 213 Å². The lowest BCUT2D eigenvalue weighted by Gasteiger charge is -2.11. The van der Waals surface area contributed by atoms with E-state index in [9.17, 15) is 18.0 Å². The summed E-state index contributed by atoms with van der Waals surface area (Å²) in [5.41, 5.74) is 2.67. The molecule has 0 bridgehead atoms. The predicted molar refractivity (Wildman–Crippen MR) is 131 cm³/mol. The summed E-state index contributed by atoms with van der Waals surface area (Å²) in [6, 6.07) is 18.7. The van der Waals surface area contributed by atoms with E-state index < -0.39 is 17.6 Å². The van der Waals surface area contributed by atoms with Crippen LogP contribution < -0.4 is 5.69 Å². The largest absolute Gasteiger partial charge is 0.433 e. The Morgan fingerprint density at radius 3 is 2.43 bits per heavy atom. The average molecular weight is 521 g/mol. The number of halogens is 4. The molecule has 0 saturated carbocycles. The first-order chi connectivity index (χ1) is 17.7. The van der Waals surface area contributed by atoms with Gasteiger partial charge < -0.3 is 0 Å². The van der Waals surface area contributed by atoms with E-state index in [1.54, 1.807) is 30.5 Å². The standard InChI is InChI=1S/C26H16ClF3N6O/c27-20-7-5-18(6-8-20)23-21(19-3-1-2-16(12-19)10-11-31)14-33-36-24(23)34-35(25(36)37)15-17-4-9-22(32-13-17)26(28,29)30/h1-9,12-14H,10,15H2. The van der Waals surface area contributed by atoms with E-state index in [4.69, 9.17) is 16.9 Å². The van der Waals surface area contributed by atoms with Gasteiger partial charge in [-0.25, -0.2) is 9.48 Å². The molecule has 0 amide bonds. The second-order valence-electron chi connectivity index (χ2n) is 8.20. The molecule has 37 heavy (non-hydrogen) atoms. The van der Waals surface area contributed by atoms with E-state index in [1.807, 2.05) is 24.3 Å². The molecule has 2 aromatic carbocycles. The Bertz CT molecular complexity index is 1700. The maximum absolute atomic E-state index is 13.1. The van der Waals surface area contributed by atoms with E-state index in [2.05, 4.69) is 21.3 Å². The fourth-order valence-corrected chi connectivity index (χ4v) is 4.11. The molecule has 7 nitrogen and oxygen atoms in total. The molecule has 5 rings (SSSR count). The molecule has 0 aliphatic rings. The molecule has 0 saturated heterocycles. The first kappa shape index (κ1) is 24.2. The average Bonchev–Trinajstić information content (AvgIpc) is 3.19. The van der Waals surface area contributed by atoms with Gasteiger partial charge in [-0.1, -0.05) is 54.1 Å². The number of hydrogen-bond donors (Lipinski definition) is 0. The predicted octanol–water partition coefficient (Wildman–Crippen LogP) is 5.41. The maximum atomic E-state index is 13.1. The minimum absolute atomic E-state index is 0.0968. The maximum Gasteiger partial charge on any atom is 0.433 e. The quantitative estimate of drug-likeness (QED) is 0.309. The van der Waals surface area contributed by atoms with Gasteiger partial charge in [-0.2, -0.15) is 28.0 Å². The van der Waals surface area contributed by atoms with Gasteiger partial charge in [-0.05, 0) is 40.5 Å². The van der Waals surface area contributed by atoms with Crippen molar-refractivity contribution in [3.63, 3.8) is 0 Å². The van der Waals surface area contributed by atoms with Crippen molar-refractivity contribution in [1.82, 2.24) is 24.4 Å². The van der Waals surface area contributed by atoms with Crippen LogP contribution in [0, 0.1) is 11.3 Å². The summed E-state index contributed by atoms with van der Waals surface area (Å²) >= 11 is 6.09. The zero-order valence-electron chi connectivity index (χ0n) is 18.9. The molecule has 0 N–H and O–H groups in total. The number of pyridine rings is 1. The number of nitrogens with zero attached hydrogens (tertiary/aromatic N) is 6. The number of alkyl halides is 3. The second kappa shape index (κ2) is 9.52. The third-order valence-electron chi connectivity index (χ3n) is 5.71. The highest BCUT2D eigenvalue weighted by Crippen LogP contribution is 2.35. The molecule has 0 aliphatic carbocycles. The zero-order valence-corrected chi connectivity index (χ0v) is 19.7. The molecule has 0 spiro atoms. The highest BCUT2D eigenvalue weighted by Gasteiger charge is 2.32. The van der Waals surface area contributed by atoms with Crippen molar-refractivity contribution in [3.05, 3.63) is 105 Å². The molecular weight excluding hydrogens is 505 g/mol. The number of nitriles is 1. The third kappa shape index (κ3) is 4.81. The van der Waals surface area contributed by atoms with Crippen LogP contribution in [0.15, 0.2) is 77.9 Å². The van der Waals surface area contributed by atoms with Crippen LogP contribution in [0.3, 0.4) is 0 Å². The van der Waals surface area contributed by atoms with E-state index in [1.165, 1.54) is 6.07 Å². The summed E-state index contributed by atoms with van der Waals surface area (Å²) in [7, 11) is 0. The van der Waals surface area contributed by atoms with Crippen LogP contribution in [0.1, 0.15) is 16.8 Å². The molecule has 11 heteroatoms. The molecule has 0 fully saturated rings. The van der Waals surface area contributed by atoms with Crippen LogP contribution in [-0.4, -0.2) is 24.4 Å². The van der Waals surface area contributed by atoms with E-state index >= 15 is 0 Å². The normalized spacial score (nSPS) is 11.5. The van der Waals surface area contributed by atoms with Crippen molar-refractivity contribution in [2.45, 2.75) is 19.1 Å². The number of hydrogen-bond acceptors (Lipinski definition) is 5. The Morgan fingerprint density at radius 1 is 0.973 bits per heavy atom. The van der Waals surface area contributed by atoms with E-state index in [0.717, 1.165) is 38.2 Å². The van der Waals surface area contributed by atoms with Crippen LogP contribution in [0.25, 0.3) is 27.9 Å². The molecule has 3 heterocycles. The van der Waals surface area contributed by atoms with Gasteiger partial charge in [0, 0.05) is 22.3 Å². The van der Waals surface area contributed by atoms with Gasteiger partial charge in [0.05, 0.1) is 25.2 Å². The fourth-order valence-electron chi connectivity index (χ4n) is 3.98. The SMILES string of the molecule is N#CCc1cccc(-c2cnn3c(=O)n(Cc4ccc(C(F)(F)F)nc4)nc3c2-c2ccc(Cl)cc2)c1. The lowest BCUT2D eigenvalue weighted by Crippen LogP contribution is -2.23. The first-order valence-corrected chi connectivity index (χ1v) is 11.4. The fraction of sp³-hybridized carbons (Fsp3) is 0.115. The van der Waals surface area contributed by atoms with Crippen LogP contribution in [0.5, 0.6) is 0 Å². The van der Waals surface area contributed by atoms with Crippen molar-refractivity contribution in [2.75, 3.05) is 0 Å². The number of fused-ring (bicyclic) bond motifs is 1. The Morgan fingerprint density at radius 2 is 1.76 bits per heavy atom. The van der Waals surface area contributed by atoms with Gasteiger partial charge in [0.1, 0.15) is 5.69 Å². The Kier molecular flexibility index (Phi) is 6.23. The van der Waals surface area contributed by atoms with Crippen LogP contribution in [-0.2, 0) is 19.1 Å². The molecule has 5 aromatic rings. The van der Waals surface area contributed by atoms with Gasteiger partial charge in [0.15, 0.2) is 5.65 Å². The summed E-state index contributed by atoms with van der Waals surface area (Å²) in [5.74, 6) is 0. The van der Waals surface area contributed by atoms with Crippen molar-refractivity contribution in [2.24, 2.45) is 0 Å². The minimum Gasteiger partial charge on any atom is -0.251 e. The summed E-state index contributed by atoms with van der Waals surface area (Å²) < 4.78 is 40.9. The van der Waals surface area contributed by atoms with E-state index in [0.29, 0.717) is 21.7 Å². The lowest BCUT2D eigenvalue weighted by atomic mass is 9.95. The molecule has 0 atom stereocenters. The lowest BCUT2D eigenvalue weighted by molar-refractivity contribution is -0.141. The molecule has 0 unspecified atom stereocenters. The van der Waals surface area contributed by atoms with E-state index in [-0.39, 0.29) is 18.6 Å². The number of benzene rings is 2. The molecular formula is C26H16ClF3N6O. The van der Waals surface area contributed by atoms with Crippen LogP contribution >= 0.6 is 11.6 Å². The first-order valence-electron chi connectivity index (χ1n) is 11.0. The number of rotatable bonds is 5. The van der Waals surface area contributed by atoms with Crippen molar-refractivity contribution in [3.8, 4) is 28.3 Å². The Hall–Kier alpha value is -4.49. The molecule has 3 aromatic heterocycles. The zero-order chi connectivity index (χ0) is 26.2. The topological polar surface area (TPSA) is 88.9 Å². The molecule has 0 radical (unpaired) electrons. The van der Waals surface area contributed by atoms with Crippen LogP contribution in [0.4, 0.5) is 13.2 Å². The van der Waals surface area contributed by atoms with Gasteiger partial charge in [0.25, 0.3) is 0 Å². The van der Waals surface area contributed by atoms with Crippen LogP contribution in [0.2, 0.25) is 5.02 Å². The Balaban J connectivity index is 1.66. The van der Waals surface area contributed by atoms with Crippen molar-refractivity contribution in [1.29, 1.82) is 5.26 Å². The van der Waals surface area contributed by atoms with Crippen molar-refractivity contribution >= 4 is 17.2 Å². The number of aromatic nitrogens is 5. The smallest absolute Gasteiger partial charge is 0.251 e. The van der Waals surface area contributed by atoms with Gasteiger partial charge in [-0.3, -0.25) is 4.98 Å². The summed E-state index contributed by atoms with van der Waals surface area (Å²) in [4.78, 5) is 16.6.